The Bertz CT molecular complexity index is 665. The van der Waals surface area contributed by atoms with Crippen LogP contribution in [0.15, 0.2) is 18.2 Å². The van der Waals surface area contributed by atoms with Crippen LogP contribution in [0.4, 0.5) is 0 Å². The fourth-order valence-corrected chi connectivity index (χ4v) is 2.04. The third kappa shape index (κ3) is 3.36. The first-order chi connectivity index (χ1) is 10.0. The van der Waals surface area contributed by atoms with Crippen molar-refractivity contribution in [1.82, 2.24) is 20.3 Å². The average molecular weight is 290 g/mol. The minimum Gasteiger partial charge on any atom is -0.469 e. The third-order valence-electron chi connectivity index (χ3n) is 3.15. The number of aromatic nitrogens is 3. The molecule has 0 aliphatic carbocycles. The van der Waals surface area contributed by atoms with Gasteiger partial charge in [-0.1, -0.05) is 5.21 Å². The third-order valence-corrected chi connectivity index (χ3v) is 3.15. The van der Waals surface area contributed by atoms with Crippen molar-refractivity contribution in [2.75, 3.05) is 7.11 Å². The van der Waals surface area contributed by atoms with E-state index in [0.717, 1.165) is 12.1 Å². The molecule has 0 saturated heterocycles. The number of nitrogens with zero attached hydrogens (tertiary/aromatic N) is 3. The Hall–Kier alpha value is -2.44. The van der Waals surface area contributed by atoms with Crippen molar-refractivity contribution < 1.29 is 14.3 Å². The Morgan fingerprint density at radius 2 is 2.19 bits per heavy atom. The van der Waals surface area contributed by atoms with E-state index in [2.05, 4.69) is 20.4 Å². The lowest BCUT2D eigenvalue weighted by Crippen LogP contribution is -2.34. The van der Waals surface area contributed by atoms with Crippen molar-refractivity contribution in [3.05, 3.63) is 23.8 Å². The van der Waals surface area contributed by atoms with Crippen LogP contribution < -0.4 is 5.32 Å². The Kier molecular flexibility index (Phi) is 4.52. The first-order valence-corrected chi connectivity index (χ1v) is 6.76. The molecule has 7 nitrogen and oxygen atoms in total. The van der Waals surface area contributed by atoms with Crippen molar-refractivity contribution >= 4 is 22.9 Å². The molecular formula is C14H18N4O3. The molecule has 1 heterocycles. The van der Waals surface area contributed by atoms with Crippen LogP contribution in [0.2, 0.25) is 0 Å². The number of carbonyl (C=O) groups is 2. The van der Waals surface area contributed by atoms with Gasteiger partial charge in [-0.15, -0.1) is 5.10 Å². The molecule has 0 radical (unpaired) electrons. The summed E-state index contributed by atoms with van der Waals surface area (Å²) in [6.07, 6.45) is 0.135. The molecule has 21 heavy (non-hydrogen) atoms. The fourth-order valence-electron chi connectivity index (χ4n) is 2.04. The van der Waals surface area contributed by atoms with E-state index >= 15 is 0 Å². The average Bonchev–Trinajstić information content (AvgIpc) is 2.88. The quantitative estimate of drug-likeness (QED) is 0.834. The maximum Gasteiger partial charge on any atom is 0.307 e. The van der Waals surface area contributed by atoms with Crippen LogP contribution in [0.1, 0.15) is 30.6 Å². The Morgan fingerprint density at radius 1 is 1.43 bits per heavy atom. The second-order valence-electron chi connectivity index (χ2n) is 4.76. The van der Waals surface area contributed by atoms with Crippen LogP contribution in [-0.2, 0) is 16.1 Å². The molecule has 1 amide bonds. The largest absolute Gasteiger partial charge is 0.469 e. The normalized spacial score (nSPS) is 12.1. The zero-order valence-electron chi connectivity index (χ0n) is 12.3. The lowest BCUT2D eigenvalue weighted by atomic mass is 10.1. The molecular weight excluding hydrogens is 272 g/mol. The summed E-state index contributed by atoms with van der Waals surface area (Å²) in [6, 6.07) is 4.93. The maximum atomic E-state index is 12.1. The number of fused-ring (bicyclic) bond motifs is 1. The van der Waals surface area contributed by atoms with Crippen LogP contribution in [0, 0.1) is 0 Å². The summed E-state index contributed by atoms with van der Waals surface area (Å²) in [5.74, 6) is -0.608. The minimum absolute atomic E-state index is 0.135. The van der Waals surface area contributed by atoms with Crippen LogP contribution in [0.25, 0.3) is 11.0 Å². The van der Waals surface area contributed by atoms with Crippen molar-refractivity contribution in [2.45, 2.75) is 32.9 Å². The van der Waals surface area contributed by atoms with Crippen molar-refractivity contribution in [2.24, 2.45) is 0 Å². The van der Waals surface area contributed by atoms with Crippen LogP contribution in [0.3, 0.4) is 0 Å². The number of rotatable bonds is 5. The molecule has 0 aliphatic heterocycles. The van der Waals surface area contributed by atoms with Crippen molar-refractivity contribution in [3.8, 4) is 0 Å². The number of benzene rings is 1. The maximum absolute atomic E-state index is 12.1. The number of ether oxygens (including phenoxy) is 1. The van der Waals surface area contributed by atoms with E-state index in [0.29, 0.717) is 11.1 Å². The number of methoxy groups -OCH3 is 1. The number of carbonyl (C=O) groups excluding carboxylic acids is 2. The number of amides is 1. The highest BCUT2D eigenvalue weighted by Crippen LogP contribution is 2.13. The lowest BCUT2D eigenvalue weighted by Gasteiger charge is -2.12. The van der Waals surface area contributed by atoms with Gasteiger partial charge < -0.3 is 10.1 Å². The zero-order chi connectivity index (χ0) is 15.4. The van der Waals surface area contributed by atoms with E-state index in [1.54, 1.807) is 23.7 Å². The molecule has 0 bridgehead atoms. The molecule has 2 rings (SSSR count). The van der Waals surface area contributed by atoms with Gasteiger partial charge in [-0.2, -0.15) is 0 Å². The van der Waals surface area contributed by atoms with E-state index < -0.39 is 0 Å². The van der Waals surface area contributed by atoms with Crippen LogP contribution in [0.5, 0.6) is 0 Å². The topological polar surface area (TPSA) is 86.1 Å². The number of hydrogen-bond donors (Lipinski definition) is 1. The molecule has 1 aromatic heterocycles. The standard InChI is InChI=1S/C14H18N4O3/c1-4-18-12-6-5-10(8-11(12)16-17-18)14(20)15-9(2)7-13(19)21-3/h5-6,8-9H,4,7H2,1-3H3,(H,15,20). The predicted octanol–water partition coefficient (Wildman–Crippen LogP) is 1.13. The number of aryl methyl sites for hydroxylation is 1. The van der Waals surface area contributed by atoms with E-state index in [-0.39, 0.29) is 24.3 Å². The summed E-state index contributed by atoms with van der Waals surface area (Å²) < 4.78 is 6.33. The molecule has 2 aromatic rings. The molecule has 0 spiro atoms. The highest BCUT2D eigenvalue weighted by atomic mass is 16.5. The highest BCUT2D eigenvalue weighted by molar-refractivity contribution is 5.97. The van der Waals surface area contributed by atoms with Gasteiger partial charge in [0.05, 0.1) is 19.0 Å². The van der Waals surface area contributed by atoms with Gasteiger partial charge in [0.2, 0.25) is 0 Å². The molecule has 1 aromatic carbocycles. The monoisotopic (exact) mass is 290 g/mol. The van der Waals surface area contributed by atoms with Gasteiger partial charge in [0.1, 0.15) is 5.52 Å². The summed E-state index contributed by atoms with van der Waals surface area (Å²) in [4.78, 5) is 23.3. The van der Waals surface area contributed by atoms with Crippen molar-refractivity contribution in [3.63, 3.8) is 0 Å². The fraction of sp³-hybridized carbons (Fsp3) is 0.429. The Labute approximate surface area is 122 Å². The van der Waals surface area contributed by atoms with E-state index in [4.69, 9.17) is 0 Å². The first-order valence-electron chi connectivity index (χ1n) is 6.76. The summed E-state index contributed by atoms with van der Waals surface area (Å²) in [6.45, 7) is 4.45. The van der Waals surface area contributed by atoms with Gasteiger partial charge in [-0.25, -0.2) is 4.68 Å². The minimum atomic E-state index is -0.357. The molecule has 1 atom stereocenters. The predicted molar refractivity (Wildman–Crippen MR) is 76.8 cm³/mol. The molecule has 0 aliphatic rings. The van der Waals surface area contributed by atoms with Gasteiger partial charge in [-0.05, 0) is 32.0 Å². The SMILES string of the molecule is CCn1nnc2cc(C(=O)NC(C)CC(=O)OC)ccc21. The van der Waals surface area contributed by atoms with Crippen molar-refractivity contribution in [1.29, 1.82) is 0 Å². The van der Waals surface area contributed by atoms with Gasteiger partial charge in [0.25, 0.3) is 5.91 Å². The van der Waals surface area contributed by atoms with Gasteiger partial charge in [0.15, 0.2) is 0 Å². The van der Waals surface area contributed by atoms with E-state index in [9.17, 15) is 9.59 Å². The zero-order valence-corrected chi connectivity index (χ0v) is 12.3. The summed E-state index contributed by atoms with van der Waals surface area (Å²) in [7, 11) is 1.32. The number of esters is 1. The number of nitrogens with one attached hydrogen (secondary N) is 1. The van der Waals surface area contributed by atoms with Crippen LogP contribution in [-0.4, -0.2) is 40.0 Å². The molecule has 0 saturated carbocycles. The molecule has 7 heteroatoms. The Balaban J connectivity index is 2.10. The summed E-state index contributed by atoms with van der Waals surface area (Å²) in [5, 5.41) is 10.8. The van der Waals surface area contributed by atoms with Gasteiger partial charge in [-0.3, -0.25) is 9.59 Å². The second kappa shape index (κ2) is 6.34. The second-order valence-corrected chi connectivity index (χ2v) is 4.76. The van der Waals surface area contributed by atoms with Crippen LogP contribution >= 0.6 is 0 Å². The van der Waals surface area contributed by atoms with E-state index in [1.165, 1.54) is 7.11 Å². The smallest absolute Gasteiger partial charge is 0.307 e. The molecule has 1 N–H and O–H groups in total. The highest BCUT2D eigenvalue weighted by Gasteiger charge is 2.14. The lowest BCUT2D eigenvalue weighted by molar-refractivity contribution is -0.141. The van der Waals surface area contributed by atoms with Gasteiger partial charge in [0, 0.05) is 18.2 Å². The summed E-state index contributed by atoms with van der Waals surface area (Å²) in [5.41, 5.74) is 2.05. The molecule has 0 fully saturated rings. The number of hydrogen-bond acceptors (Lipinski definition) is 5. The van der Waals surface area contributed by atoms with E-state index in [1.807, 2.05) is 13.0 Å². The Morgan fingerprint density at radius 3 is 2.86 bits per heavy atom. The molecule has 112 valence electrons. The van der Waals surface area contributed by atoms with Gasteiger partial charge >= 0.3 is 5.97 Å². The first kappa shape index (κ1) is 15.0. The summed E-state index contributed by atoms with van der Waals surface area (Å²) >= 11 is 0. The molecule has 1 unspecified atom stereocenters.